The van der Waals surface area contributed by atoms with Crippen LogP contribution in [0.1, 0.15) is 15.9 Å². The van der Waals surface area contributed by atoms with Crippen LogP contribution in [0.4, 0.5) is 16.3 Å². The third-order valence-corrected chi connectivity index (χ3v) is 5.23. The van der Waals surface area contributed by atoms with E-state index in [1.807, 2.05) is 16.5 Å². The highest BCUT2D eigenvalue weighted by molar-refractivity contribution is 6.06. The number of carbonyl (C=O) groups is 2. The van der Waals surface area contributed by atoms with Crippen molar-refractivity contribution in [2.45, 2.75) is 0 Å². The molecule has 10 heteroatoms. The molecule has 1 aromatic carbocycles. The summed E-state index contributed by atoms with van der Waals surface area (Å²) in [5, 5.41) is 11.7. The second-order valence-corrected chi connectivity index (χ2v) is 7.20. The number of rotatable bonds is 5. The Kier molecular flexibility index (Phi) is 6.09. The number of nitrogens with one attached hydrogen (secondary N) is 1. The fourth-order valence-electron chi connectivity index (χ4n) is 3.38. The Labute approximate surface area is 195 Å². The number of pyridine rings is 2. The molecular weight excluding hydrogens is 436 g/mol. The number of amides is 2. The van der Waals surface area contributed by atoms with Crippen LogP contribution in [0.25, 0.3) is 16.9 Å². The van der Waals surface area contributed by atoms with Gasteiger partial charge in [0.15, 0.2) is 0 Å². The number of anilines is 2. The fraction of sp³-hybridized carbons (Fsp3) is 0.125. The molecule has 0 unspecified atom stereocenters. The van der Waals surface area contributed by atoms with E-state index >= 15 is 0 Å². The third kappa shape index (κ3) is 4.22. The number of imidazole rings is 1. The van der Waals surface area contributed by atoms with Crippen molar-refractivity contribution < 1.29 is 19.1 Å². The zero-order valence-corrected chi connectivity index (χ0v) is 18.6. The summed E-state index contributed by atoms with van der Waals surface area (Å²) in [6.07, 6.45) is 4.51. The average molecular weight is 456 g/mol. The number of carbonyl (C=O) groups excluding carboxylic acids is 2. The molecule has 4 rings (SSSR count). The largest absolute Gasteiger partial charge is 0.495 e. The van der Waals surface area contributed by atoms with Crippen LogP contribution in [0, 0.1) is 11.3 Å². The van der Waals surface area contributed by atoms with E-state index in [-0.39, 0.29) is 5.91 Å². The first-order valence-electron chi connectivity index (χ1n) is 10.1. The number of nitrogens with zero attached hydrogens (tertiary/aromatic N) is 5. The normalized spacial score (nSPS) is 10.4. The number of hydrogen-bond acceptors (Lipinski definition) is 7. The van der Waals surface area contributed by atoms with Crippen LogP contribution in [0.3, 0.4) is 0 Å². The Morgan fingerprint density at radius 3 is 2.59 bits per heavy atom. The summed E-state index contributed by atoms with van der Waals surface area (Å²) in [5.41, 5.74) is 3.60. The van der Waals surface area contributed by atoms with Crippen molar-refractivity contribution in [3.8, 4) is 23.1 Å². The van der Waals surface area contributed by atoms with E-state index in [1.165, 1.54) is 19.1 Å². The maximum Gasteiger partial charge on any atom is 0.412 e. The standard InChI is InChI=1S/C24H20N6O4/c1-29(23(31)15-4-5-16(11-25)20(10-15)33-2)18-7-9-22-27-13-19(30(22)14-18)17-6-8-21(26-12-17)28-24(32)34-3/h4-10,12-14H,1-3H3,(H,26,28,32). The molecule has 3 heterocycles. The van der Waals surface area contributed by atoms with Crippen LogP contribution in [-0.2, 0) is 4.74 Å². The predicted molar refractivity (Wildman–Crippen MR) is 125 cm³/mol. The van der Waals surface area contributed by atoms with Gasteiger partial charge in [0.25, 0.3) is 5.91 Å². The van der Waals surface area contributed by atoms with E-state index in [4.69, 9.17) is 10.00 Å². The van der Waals surface area contributed by atoms with Crippen molar-refractivity contribution in [3.05, 3.63) is 72.2 Å². The minimum atomic E-state index is -0.604. The molecule has 0 aliphatic heterocycles. The lowest BCUT2D eigenvalue weighted by Crippen LogP contribution is -2.26. The molecule has 10 nitrogen and oxygen atoms in total. The monoisotopic (exact) mass is 456 g/mol. The lowest BCUT2D eigenvalue weighted by atomic mass is 10.1. The quantitative estimate of drug-likeness (QED) is 0.485. The molecule has 1 N–H and O–H groups in total. The Morgan fingerprint density at radius 1 is 1.09 bits per heavy atom. The number of fused-ring (bicyclic) bond motifs is 1. The Morgan fingerprint density at radius 2 is 1.91 bits per heavy atom. The zero-order valence-electron chi connectivity index (χ0n) is 18.6. The van der Waals surface area contributed by atoms with Gasteiger partial charge in [-0.15, -0.1) is 0 Å². The lowest BCUT2D eigenvalue weighted by Gasteiger charge is -2.18. The van der Waals surface area contributed by atoms with Gasteiger partial charge < -0.3 is 14.4 Å². The maximum atomic E-state index is 13.1. The number of hydrogen-bond donors (Lipinski definition) is 1. The number of benzene rings is 1. The molecule has 4 aromatic rings. The predicted octanol–water partition coefficient (Wildman–Crippen LogP) is 3.73. The van der Waals surface area contributed by atoms with E-state index in [9.17, 15) is 9.59 Å². The summed E-state index contributed by atoms with van der Waals surface area (Å²) < 4.78 is 11.6. The Balaban J connectivity index is 1.64. The highest BCUT2D eigenvalue weighted by Crippen LogP contribution is 2.26. The van der Waals surface area contributed by atoms with Crippen molar-refractivity contribution in [2.24, 2.45) is 0 Å². The summed E-state index contributed by atoms with van der Waals surface area (Å²) in [5.74, 6) is 0.434. The summed E-state index contributed by atoms with van der Waals surface area (Å²) in [4.78, 5) is 34.6. The highest BCUT2D eigenvalue weighted by Gasteiger charge is 2.17. The van der Waals surface area contributed by atoms with Gasteiger partial charge in [-0.3, -0.25) is 14.5 Å². The second kappa shape index (κ2) is 9.30. The van der Waals surface area contributed by atoms with Gasteiger partial charge in [0.05, 0.1) is 37.4 Å². The van der Waals surface area contributed by atoms with E-state index in [2.05, 4.69) is 20.0 Å². The van der Waals surface area contributed by atoms with Crippen molar-refractivity contribution in [3.63, 3.8) is 0 Å². The summed E-state index contributed by atoms with van der Waals surface area (Å²) in [6, 6.07) is 13.8. The zero-order chi connectivity index (χ0) is 24.2. The first-order chi connectivity index (χ1) is 16.4. The summed E-state index contributed by atoms with van der Waals surface area (Å²) >= 11 is 0. The molecule has 0 saturated heterocycles. The van der Waals surface area contributed by atoms with E-state index in [0.29, 0.717) is 34.0 Å². The van der Waals surface area contributed by atoms with Gasteiger partial charge in [-0.25, -0.2) is 14.8 Å². The fourth-order valence-corrected chi connectivity index (χ4v) is 3.38. The van der Waals surface area contributed by atoms with E-state index in [0.717, 1.165) is 11.3 Å². The van der Waals surface area contributed by atoms with Crippen molar-refractivity contribution >= 4 is 29.2 Å². The molecule has 0 aliphatic carbocycles. The molecule has 0 aliphatic rings. The molecule has 34 heavy (non-hydrogen) atoms. The van der Waals surface area contributed by atoms with Crippen LogP contribution < -0.4 is 15.0 Å². The second-order valence-electron chi connectivity index (χ2n) is 7.20. The van der Waals surface area contributed by atoms with Crippen LogP contribution in [0.2, 0.25) is 0 Å². The third-order valence-electron chi connectivity index (χ3n) is 5.23. The SMILES string of the molecule is COC(=O)Nc1ccc(-c2cnc3ccc(N(C)C(=O)c4ccc(C#N)c(OC)c4)cn23)cn1. The first kappa shape index (κ1) is 22.3. The van der Waals surface area contributed by atoms with Gasteiger partial charge in [0.2, 0.25) is 0 Å². The number of ether oxygens (including phenoxy) is 2. The molecule has 2 amide bonds. The molecule has 3 aromatic heterocycles. The van der Waals surface area contributed by atoms with Crippen LogP contribution in [0.15, 0.2) is 61.1 Å². The van der Waals surface area contributed by atoms with Crippen LogP contribution in [-0.4, -0.2) is 47.6 Å². The molecule has 0 fully saturated rings. The van der Waals surface area contributed by atoms with E-state index in [1.54, 1.807) is 62.0 Å². The minimum Gasteiger partial charge on any atom is -0.495 e. The van der Waals surface area contributed by atoms with Crippen LogP contribution >= 0.6 is 0 Å². The summed E-state index contributed by atoms with van der Waals surface area (Å²) in [7, 11) is 4.40. The van der Waals surface area contributed by atoms with Gasteiger partial charge in [0, 0.05) is 30.6 Å². The molecule has 170 valence electrons. The van der Waals surface area contributed by atoms with Gasteiger partial charge in [0.1, 0.15) is 23.3 Å². The smallest absolute Gasteiger partial charge is 0.412 e. The topological polar surface area (TPSA) is 122 Å². The highest BCUT2D eigenvalue weighted by atomic mass is 16.5. The van der Waals surface area contributed by atoms with Gasteiger partial charge in [-0.2, -0.15) is 5.26 Å². The van der Waals surface area contributed by atoms with Gasteiger partial charge in [-0.05, 0) is 42.5 Å². The van der Waals surface area contributed by atoms with Gasteiger partial charge in [-0.1, -0.05) is 0 Å². The lowest BCUT2D eigenvalue weighted by molar-refractivity contribution is 0.0992. The van der Waals surface area contributed by atoms with E-state index < -0.39 is 6.09 Å². The van der Waals surface area contributed by atoms with Crippen molar-refractivity contribution in [1.82, 2.24) is 14.4 Å². The molecule has 0 saturated carbocycles. The molecule has 0 bridgehead atoms. The summed E-state index contributed by atoms with van der Waals surface area (Å²) in [6.45, 7) is 0. The molecule has 0 spiro atoms. The molecular formula is C24H20N6O4. The Bertz CT molecular complexity index is 1420. The maximum absolute atomic E-state index is 13.1. The van der Waals surface area contributed by atoms with Gasteiger partial charge >= 0.3 is 6.09 Å². The Hall–Kier alpha value is -4.91. The first-order valence-corrected chi connectivity index (χ1v) is 10.1. The average Bonchev–Trinajstić information content (AvgIpc) is 3.31. The van der Waals surface area contributed by atoms with Crippen molar-refractivity contribution in [1.29, 1.82) is 5.26 Å². The van der Waals surface area contributed by atoms with Crippen LogP contribution in [0.5, 0.6) is 5.75 Å². The molecule has 0 radical (unpaired) electrons. The number of nitriles is 1. The molecule has 0 atom stereocenters. The van der Waals surface area contributed by atoms with Crippen molar-refractivity contribution in [2.75, 3.05) is 31.5 Å². The number of methoxy groups -OCH3 is 2. The number of aromatic nitrogens is 3. The minimum absolute atomic E-state index is 0.260.